The predicted molar refractivity (Wildman–Crippen MR) is 134 cm³/mol. The lowest BCUT2D eigenvalue weighted by Crippen LogP contribution is -2.49. The highest BCUT2D eigenvalue weighted by molar-refractivity contribution is 6.01. The highest BCUT2D eigenvalue weighted by Crippen LogP contribution is 2.51. The van der Waals surface area contributed by atoms with Gasteiger partial charge >= 0.3 is 0 Å². The van der Waals surface area contributed by atoms with Gasteiger partial charge in [0.1, 0.15) is 11.6 Å². The van der Waals surface area contributed by atoms with Gasteiger partial charge in [-0.3, -0.25) is 20.0 Å². The van der Waals surface area contributed by atoms with Crippen LogP contribution >= 0.6 is 0 Å². The molecule has 192 valence electrons. The molecule has 37 heavy (non-hydrogen) atoms. The van der Waals surface area contributed by atoms with Crippen molar-refractivity contribution in [1.82, 2.24) is 15.4 Å². The van der Waals surface area contributed by atoms with Gasteiger partial charge in [0, 0.05) is 41.6 Å². The molecule has 2 aromatic rings. The summed E-state index contributed by atoms with van der Waals surface area (Å²) in [6, 6.07) is 8.64. The second-order valence-electron chi connectivity index (χ2n) is 9.61. The van der Waals surface area contributed by atoms with Crippen LogP contribution in [0, 0.1) is 16.7 Å². The fourth-order valence-electron chi connectivity index (χ4n) is 4.90. The molecule has 2 heterocycles. The number of ether oxygens (including phenoxy) is 3. The van der Waals surface area contributed by atoms with Gasteiger partial charge in [0.2, 0.25) is 0 Å². The van der Waals surface area contributed by atoms with E-state index in [4.69, 9.17) is 19.9 Å². The number of Topliss-reactive ketones (excluding diaryl/α,β-unsaturated/α-hetero) is 1. The lowest BCUT2D eigenvalue weighted by Gasteiger charge is -2.43. The molecule has 0 fully saturated rings. The van der Waals surface area contributed by atoms with Crippen LogP contribution in [-0.4, -0.2) is 43.0 Å². The molecule has 10 nitrogen and oxygen atoms in total. The number of amides is 1. The van der Waals surface area contributed by atoms with Gasteiger partial charge in [0.15, 0.2) is 17.3 Å². The molecule has 0 saturated carbocycles. The first-order chi connectivity index (χ1) is 17.6. The van der Waals surface area contributed by atoms with Crippen LogP contribution in [0.4, 0.5) is 0 Å². The third-order valence-corrected chi connectivity index (χ3v) is 6.58. The molecule has 0 bridgehead atoms. The highest BCUT2D eigenvalue weighted by Gasteiger charge is 2.46. The maximum Gasteiger partial charge on any atom is 0.270 e. The predicted octanol–water partition coefficient (Wildman–Crippen LogP) is 3.19. The minimum absolute atomic E-state index is 0.0241. The normalized spacial score (nSPS) is 18.6. The van der Waals surface area contributed by atoms with E-state index in [0.29, 0.717) is 46.1 Å². The Morgan fingerprint density at radius 3 is 2.32 bits per heavy atom. The van der Waals surface area contributed by atoms with Crippen molar-refractivity contribution in [3.63, 3.8) is 0 Å². The van der Waals surface area contributed by atoms with Gasteiger partial charge in [0.05, 0.1) is 44.6 Å². The number of ketones is 1. The topological polar surface area (TPSA) is 140 Å². The van der Waals surface area contributed by atoms with Crippen molar-refractivity contribution in [3.05, 3.63) is 70.5 Å². The molecule has 3 N–H and O–H groups in total. The molecule has 0 radical (unpaired) electrons. The second-order valence-corrected chi connectivity index (χ2v) is 9.61. The van der Waals surface area contributed by atoms with Crippen LogP contribution in [0.3, 0.4) is 0 Å². The van der Waals surface area contributed by atoms with Crippen molar-refractivity contribution in [2.24, 2.45) is 11.1 Å². The molecule has 1 unspecified atom stereocenters. The number of carbonyl (C=O) groups excluding carboxylic acids is 2. The van der Waals surface area contributed by atoms with Crippen molar-refractivity contribution in [2.45, 2.75) is 32.6 Å². The fraction of sp³-hybridized carbons (Fsp3) is 0.333. The number of nitriles is 1. The summed E-state index contributed by atoms with van der Waals surface area (Å²) < 4.78 is 16.5. The standard InChI is InChI=1S/C27H29N5O5/c1-27(2)12-18-24(19(33)13-27)23(16-10-21(36-4)22(37-5)11-20(16)35-3)17(14-28)25(29)32(18)31-26(34)15-6-8-30-9-7-15/h6-11,23H,12-13,29H2,1-5H3,(H,31,34). The molecular weight excluding hydrogens is 474 g/mol. The Balaban J connectivity index is 1.94. The van der Waals surface area contributed by atoms with Crippen LogP contribution in [0.2, 0.25) is 0 Å². The Labute approximate surface area is 215 Å². The summed E-state index contributed by atoms with van der Waals surface area (Å²) in [4.78, 5) is 30.7. The zero-order valence-corrected chi connectivity index (χ0v) is 21.4. The number of methoxy groups -OCH3 is 3. The number of rotatable bonds is 6. The Kier molecular flexibility index (Phi) is 6.81. The maximum atomic E-state index is 13.7. The molecule has 4 rings (SSSR count). The minimum atomic E-state index is -0.826. The van der Waals surface area contributed by atoms with Crippen LogP contribution in [0.5, 0.6) is 17.2 Å². The average Bonchev–Trinajstić information content (AvgIpc) is 2.88. The van der Waals surface area contributed by atoms with E-state index in [0.717, 1.165) is 0 Å². The van der Waals surface area contributed by atoms with Gasteiger partial charge in [-0.25, -0.2) is 5.01 Å². The first kappa shape index (κ1) is 25.6. The van der Waals surface area contributed by atoms with Gasteiger partial charge in [0.25, 0.3) is 5.91 Å². The zero-order valence-electron chi connectivity index (χ0n) is 21.4. The van der Waals surface area contributed by atoms with Crippen molar-refractivity contribution in [3.8, 4) is 23.3 Å². The summed E-state index contributed by atoms with van der Waals surface area (Å²) in [5.41, 5.74) is 10.9. The minimum Gasteiger partial charge on any atom is -0.496 e. The summed E-state index contributed by atoms with van der Waals surface area (Å²) >= 11 is 0. The molecule has 1 aliphatic heterocycles. The molecular formula is C27H29N5O5. The lowest BCUT2D eigenvalue weighted by atomic mass is 9.69. The van der Waals surface area contributed by atoms with Crippen LogP contribution in [0.1, 0.15) is 48.5 Å². The number of hydrogen-bond donors (Lipinski definition) is 2. The number of aromatic nitrogens is 1. The number of nitrogens with two attached hydrogens (primary N) is 1. The summed E-state index contributed by atoms with van der Waals surface area (Å²) in [5, 5.41) is 11.6. The molecule has 1 aliphatic carbocycles. The SMILES string of the molecule is COc1cc(OC)c(C2C(C#N)=C(N)N(NC(=O)c3ccncc3)C3=C2C(=O)CC(C)(C)C3)cc1OC. The third kappa shape index (κ3) is 4.56. The molecule has 0 spiro atoms. The molecule has 2 aliphatic rings. The van der Waals surface area contributed by atoms with Gasteiger partial charge in [-0.2, -0.15) is 5.26 Å². The summed E-state index contributed by atoms with van der Waals surface area (Å²) in [6.45, 7) is 3.95. The van der Waals surface area contributed by atoms with Crippen LogP contribution in [0.15, 0.2) is 59.3 Å². The van der Waals surface area contributed by atoms with Crippen LogP contribution in [0.25, 0.3) is 0 Å². The van der Waals surface area contributed by atoms with E-state index in [2.05, 4.69) is 16.5 Å². The van der Waals surface area contributed by atoms with E-state index >= 15 is 0 Å². The number of pyridine rings is 1. The smallest absolute Gasteiger partial charge is 0.270 e. The van der Waals surface area contributed by atoms with Gasteiger partial charge in [-0.1, -0.05) is 13.8 Å². The van der Waals surface area contributed by atoms with Gasteiger partial charge < -0.3 is 19.9 Å². The van der Waals surface area contributed by atoms with E-state index in [-0.39, 0.29) is 23.6 Å². The number of nitrogens with one attached hydrogen (secondary N) is 1. The molecule has 1 amide bonds. The van der Waals surface area contributed by atoms with E-state index in [9.17, 15) is 14.9 Å². The number of nitrogens with zero attached hydrogens (tertiary/aromatic N) is 3. The molecule has 1 atom stereocenters. The molecule has 0 saturated heterocycles. The van der Waals surface area contributed by atoms with E-state index in [1.807, 2.05) is 13.8 Å². The lowest BCUT2D eigenvalue weighted by molar-refractivity contribution is -0.118. The van der Waals surface area contributed by atoms with Gasteiger partial charge in [-0.05, 0) is 30.0 Å². The van der Waals surface area contributed by atoms with Crippen LogP contribution in [-0.2, 0) is 4.79 Å². The van der Waals surface area contributed by atoms with E-state index in [1.54, 1.807) is 24.3 Å². The van der Waals surface area contributed by atoms with Crippen molar-refractivity contribution < 1.29 is 23.8 Å². The van der Waals surface area contributed by atoms with E-state index in [1.165, 1.54) is 38.7 Å². The molecule has 1 aromatic heterocycles. The Morgan fingerprint density at radius 2 is 1.73 bits per heavy atom. The number of hydrazine groups is 1. The first-order valence-electron chi connectivity index (χ1n) is 11.6. The number of benzene rings is 1. The first-order valence-corrected chi connectivity index (χ1v) is 11.6. The summed E-state index contributed by atoms with van der Waals surface area (Å²) in [7, 11) is 4.50. The second kappa shape index (κ2) is 9.85. The average molecular weight is 504 g/mol. The van der Waals surface area contributed by atoms with Crippen molar-refractivity contribution in [1.29, 1.82) is 5.26 Å². The van der Waals surface area contributed by atoms with Crippen molar-refractivity contribution in [2.75, 3.05) is 21.3 Å². The zero-order chi connectivity index (χ0) is 26.9. The number of hydrogen-bond acceptors (Lipinski definition) is 9. The van der Waals surface area contributed by atoms with Crippen LogP contribution < -0.4 is 25.4 Å². The molecule has 10 heteroatoms. The summed E-state index contributed by atoms with van der Waals surface area (Å²) in [6.07, 6.45) is 3.71. The summed E-state index contributed by atoms with van der Waals surface area (Å²) in [5.74, 6) is -0.145. The largest absolute Gasteiger partial charge is 0.496 e. The quantitative estimate of drug-likeness (QED) is 0.608. The Morgan fingerprint density at radius 1 is 1.11 bits per heavy atom. The van der Waals surface area contributed by atoms with E-state index < -0.39 is 17.2 Å². The number of carbonyl (C=O) groups is 2. The fourth-order valence-corrected chi connectivity index (χ4v) is 4.90. The Bertz CT molecular complexity index is 1360. The van der Waals surface area contributed by atoms with Crippen molar-refractivity contribution >= 4 is 11.7 Å². The van der Waals surface area contributed by atoms with Gasteiger partial charge in [-0.15, -0.1) is 0 Å². The Hall–Kier alpha value is -4.52. The number of allylic oxidation sites excluding steroid dienone is 3. The molecule has 1 aromatic carbocycles. The highest BCUT2D eigenvalue weighted by atomic mass is 16.5. The maximum absolute atomic E-state index is 13.7. The third-order valence-electron chi connectivity index (χ3n) is 6.58. The monoisotopic (exact) mass is 503 g/mol.